The second-order valence-electron chi connectivity index (χ2n) is 9.37. The van der Waals surface area contributed by atoms with E-state index in [1.54, 1.807) is 10.8 Å². The Morgan fingerprint density at radius 1 is 0.897 bits per heavy atom. The fourth-order valence-electron chi connectivity index (χ4n) is 2.99. The first kappa shape index (κ1) is 24.3. The van der Waals surface area contributed by atoms with E-state index in [0.29, 0.717) is 6.61 Å². The third-order valence-electron chi connectivity index (χ3n) is 4.66. The van der Waals surface area contributed by atoms with Gasteiger partial charge in [-0.25, -0.2) is 0 Å². The number of rotatable bonds is 7. The summed E-state index contributed by atoms with van der Waals surface area (Å²) in [6.07, 6.45) is 0.944. The summed E-state index contributed by atoms with van der Waals surface area (Å²) in [5.41, 5.74) is 5.08. The minimum Gasteiger partial charge on any atom is -0.488 e. The number of benzene rings is 2. The Bertz CT molecular complexity index is 779. The molecule has 0 fully saturated rings. The summed E-state index contributed by atoms with van der Waals surface area (Å²) in [5, 5.41) is 0. The van der Waals surface area contributed by atoms with Gasteiger partial charge >= 0.3 is 0 Å². The highest BCUT2D eigenvalue weighted by Gasteiger charge is 2.28. The molecular weight excluding hydrogens is 412 g/mol. The lowest BCUT2D eigenvalue weighted by molar-refractivity contribution is 0.289. The Balaban J connectivity index is 2.41. The Labute approximate surface area is 190 Å². The molecule has 0 radical (unpaired) electrons. The SMILES string of the molecule is CCC(=S)SSCc1cc(C(C)(C)C)c(OCc2ccccc2)c(C(C)(C)C)c1. The van der Waals surface area contributed by atoms with Crippen molar-refractivity contribution < 1.29 is 4.74 Å². The Hall–Kier alpha value is -0.970. The van der Waals surface area contributed by atoms with Crippen LogP contribution in [0.15, 0.2) is 42.5 Å². The standard InChI is InChI=1S/C25H34OS3/c1-8-22(27)29-28-17-19-14-20(24(2,3)4)23(21(15-19)25(5,6)7)26-16-18-12-10-9-11-13-18/h9-15H,8,16-17H2,1-7H3. The van der Waals surface area contributed by atoms with Gasteiger partial charge in [0, 0.05) is 16.9 Å². The van der Waals surface area contributed by atoms with Crippen LogP contribution in [0.25, 0.3) is 0 Å². The molecule has 0 aliphatic rings. The molecule has 0 atom stereocenters. The molecule has 0 aliphatic heterocycles. The zero-order chi connectivity index (χ0) is 21.7. The zero-order valence-electron chi connectivity index (χ0n) is 18.8. The average Bonchev–Trinajstić information content (AvgIpc) is 2.65. The predicted octanol–water partition coefficient (Wildman–Crippen LogP) is 8.48. The smallest absolute Gasteiger partial charge is 0.127 e. The normalized spacial score (nSPS) is 12.1. The third-order valence-corrected chi connectivity index (χ3v) is 7.87. The lowest BCUT2D eigenvalue weighted by Gasteiger charge is -2.30. The first-order valence-electron chi connectivity index (χ1n) is 10.2. The molecule has 2 aromatic rings. The Kier molecular flexibility index (Phi) is 8.69. The van der Waals surface area contributed by atoms with Gasteiger partial charge in [0.05, 0.1) is 4.20 Å². The van der Waals surface area contributed by atoms with Crippen LogP contribution in [-0.2, 0) is 23.2 Å². The van der Waals surface area contributed by atoms with Crippen LogP contribution in [0.2, 0.25) is 0 Å². The molecule has 0 saturated heterocycles. The Morgan fingerprint density at radius 3 is 1.93 bits per heavy atom. The molecule has 0 heterocycles. The van der Waals surface area contributed by atoms with Crippen molar-refractivity contribution in [2.45, 2.75) is 78.1 Å². The summed E-state index contributed by atoms with van der Waals surface area (Å²) in [7, 11) is 3.55. The molecule has 2 aromatic carbocycles. The number of hydrogen-bond donors (Lipinski definition) is 0. The summed E-state index contributed by atoms with van der Waals surface area (Å²) in [6, 6.07) is 15.1. The van der Waals surface area contributed by atoms with Crippen LogP contribution >= 0.6 is 33.8 Å². The second kappa shape index (κ2) is 10.4. The van der Waals surface area contributed by atoms with Crippen molar-refractivity contribution in [2.24, 2.45) is 0 Å². The van der Waals surface area contributed by atoms with Gasteiger partial charge in [-0.15, -0.1) is 0 Å². The van der Waals surface area contributed by atoms with Gasteiger partial charge in [-0.1, -0.05) is 125 Å². The van der Waals surface area contributed by atoms with Crippen molar-refractivity contribution in [1.82, 2.24) is 0 Å². The van der Waals surface area contributed by atoms with E-state index in [-0.39, 0.29) is 10.8 Å². The van der Waals surface area contributed by atoms with Gasteiger partial charge in [0.1, 0.15) is 12.4 Å². The van der Waals surface area contributed by atoms with Gasteiger partial charge in [0.15, 0.2) is 0 Å². The minimum absolute atomic E-state index is 0.00143. The van der Waals surface area contributed by atoms with E-state index in [0.717, 1.165) is 22.1 Å². The molecule has 0 N–H and O–H groups in total. The van der Waals surface area contributed by atoms with Gasteiger partial charge in [0.25, 0.3) is 0 Å². The molecule has 4 heteroatoms. The van der Waals surface area contributed by atoms with Crippen LogP contribution < -0.4 is 4.74 Å². The fourth-order valence-corrected chi connectivity index (χ4v) is 5.37. The van der Waals surface area contributed by atoms with Crippen molar-refractivity contribution in [3.05, 3.63) is 64.7 Å². The molecule has 0 saturated carbocycles. The van der Waals surface area contributed by atoms with Crippen molar-refractivity contribution in [2.75, 3.05) is 0 Å². The minimum atomic E-state index is -0.00143. The third kappa shape index (κ3) is 7.34. The molecule has 1 nitrogen and oxygen atoms in total. The van der Waals surface area contributed by atoms with Gasteiger partial charge in [-0.3, -0.25) is 0 Å². The van der Waals surface area contributed by atoms with Gasteiger partial charge in [-0.05, 0) is 28.4 Å². The first-order chi connectivity index (χ1) is 13.5. The van der Waals surface area contributed by atoms with E-state index in [4.69, 9.17) is 17.0 Å². The first-order valence-corrected chi connectivity index (χ1v) is 12.9. The second-order valence-corrected chi connectivity index (χ2v) is 12.5. The highest BCUT2D eigenvalue weighted by molar-refractivity contribution is 8.83. The van der Waals surface area contributed by atoms with Gasteiger partial charge < -0.3 is 4.74 Å². The van der Waals surface area contributed by atoms with Crippen LogP contribution in [0.3, 0.4) is 0 Å². The molecule has 0 aliphatic carbocycles. The monoisotopic (exact) mass is 446 g/mol. The van der Waals surface area contributed by atoms with Gasteiger partial charge in [0.2, 0.25) is 0 Å². The van der Waals surface area contributed by atoms with E-state index in [1.165, 1.54) is 22.3 Å². The number of ether oxygens (including phenoxy) is 1. The summed E-state index contributed by atoms with van der Waals surface area (Å²) in [5.74, 6) is 1.98. The van der Waals surface area contributed by atoms with E-state index < -0.39 is 0 Å². The van der Waals surface area contributed by atoms with Crippen molar-refractivity contribution >= 4 is 38.0 Å². The lowest BCUT2D eigenvalue weighted by Crippen LogP contribution is -2.20. The van der Waals surface area contributed by atoms with Crippen LogP contribution in [0.4, 0.5) is 0 Å². The highest BCUT2D eigenvalue weighted by atomic mass is 33.1. The molecule has 0 amide bonds. The van der Waals surface area contributed by atoms with E-state index in [9.17, 15) is 0 Å². The van der Waals surface area contributed by atoms with Crippen LogP contribution in [0.5, 0.6) is 5.75 Å². The molecule has 0 bridgehead atoms. The number of thiocarbonyl (C=S) groups is 1. The van der Waals surface area contributed by atoms with Crippen molar-refractivity contribution in [3.63, 3.8) is 0 Å². The quantitative estimate of drug-likeness (QED) is 0.311. The van der Waals surface area contributed by atoms with Crippen LogP contribution in [-0.4, -0.2) is 4.20 Å². The van der Waals surface area contributed by atoms with Gasteiger partial charge in [-0.2, -0.15) is 0 Å². The topological polar surface area (TPSA) is 9.23 Å². The number of hydrogen-bond acceptors (Lipinski definition) is 4. The largest absolute Gasteiger partial charge is 0.488 e. The Morgan fingerprint density at radius 2 is 1.45 bits per heavy atom. The van der Waals surface area contributed by atoms with Crippen LogP contribution in [0, 0.1) is 0 Å². The molecule has 158 valence electrons. The van der Waals surface area contributed by atoms with Crippen molar-refractivity contribution in [1.29, 1.82) is 0 Å². The molecule has 0 aromatic heterocycles. The molecule has 2 rings (SSSR count). The maximum Gasteiger partial charge on any atom is 0.127 e. The average molecular weight is 447 g/mol. The van der Waals surface area contributed by atoms with E-state index in [2.05, 4.69) is 84.9 Å². The van der Waals surface area contributed by atoms with E-state index >= 15 is 0 Å². The molecule has 0 unspecified atom stereocenters. The maximum absolute atomic E-state index is 6.49. The maximum atomic E-state index is 6.49. The van der Waals surface area contributed by atoms with Crippen LogP contribution in [0.1, 0.15) is 77.1 Å². The summed E-state index contributed by atoms with van der Waals surface area (Å²) >= 11 is 5.36. The summed E-state index contributed by atoms with van der Waals surface area (Å²) in [4.78, 5) is 0. The van der Waals surface area contributed by atoms with E-state index in [1.807, 2.05) is 16.9 Å². The molecule has 29 heavy (non-hydrogen) atoms. The zero-order valence-corrected chi connectivity index (χ0v) is 21.2. The predicted molar refractivity (Wildman–Crippen MR) is 136 cm³/mol. The summed E-state index contributed by atoms with van der Waals surface area (Å²) < 4.78 is 7.55. The lowest BCUT2D eigenvalue weighted by atomic mass is 9.78. The highest BCUT2D eigenvalue weighted by Crippen LogP contribution is 2.42. The van der Waals surface area contributed by atoms with Crippen molar-refractivity contribution in [3.8, 4) is 5.75 Å². The summed E-state index contributed by atoms with van der Waals surface area (Å²) in [6.45, 7) is 16.3. The molecular formula is C25H34OS3. The molecule has 0 spiro atoms. The fraction of sp³-hybridized carbons (Fsp3) is 0.480.